The van der Waals surface area contributed by atoms with E-state index in [0.29, 0.717) is 16.6 Å². The molecule has 0 aliphatic heterocycles. The molecule has 0 unspecified atom stereocenters. The van der Waals surface area contributed by atoms with Gasteiger partial charge in [-0.25, -0.2) is 19.3 Å². The maximum atomic E-state index is 14.2. The van der Waals surface area contributed by atoms with Crippen LogP contribution in [0, 0.1) is 5.82 Å². The highest BCUT2D eigenvalue weighted by atomic mass is 19.4. The third kappa shape index (κ3) is 4.18. The summed E-state index contributed by atoms with van der Waals surface area (Å²) < 4.78 is 51.1. The van der Waals surface area contributed by atoms with Crippen LogP contribution in [0.25, 0.3) is 22.4 Å². The molecule has 0 saturated heterocycles. The van der Waals surface area contributed by atoms with Crippen molar-refractivity contribution in [2.24, 2.45) is 0 Å². The van der Waals surface area contributed by atoms with Crippen LogP contribution in [0.4, 0.5) is 23.4 Å². The lowest BCUT2D eigenvalue weighted by Crippen LogP contribution is -2.50. The van der Waals surface area contributed by atoms with E-state index in [1.807, 2.05) is 0 Å². The second-order valence-corrected chi connectivity index (χ2v) is 6.54. The number of hydrogen-bond donors (Lipinski definition) is 3. The van der Waals surface area contributed by atoms with Crippen LogP contribution in [0.15, 0.2) is 30.7 Å². The minimum Gasteiger partial charge on any atom is -0.354 e. The first-order chi connectivity index (χ1) is 13.1. The van der Waals surface area contributed by atoms with Gasteiger partial charge in [-0.05, 0) is 26.0 Å². The number of pyridine rings is 1. The average molecular weight is 398 g/mol. The number of rotatable bonds is 5. The molecule has 3 heterocycles. The Hall–Kier alpha value is -3.24. The SMILES string of the molecule is CC(C)(Nc1nc(-c2ccnc3[nH]ccc23)ncc1F)C(=O)NCC(F)(F)F.[HH]. The summed E-state index contributed by atoms with van der Waals surface area (Å²) in [5, 5.41) is 5.02. The van der Waals surface area contributed by atoms with Gasteiger partial charge in [0.1, 0.15) is 17.7 Å². The van der Waals surface area contributed by atoms with E-state index in [0.717, 1.165) is 6.20 Å². The maximum absolute atomic E-state index is 14.2. The van der Waals surface area contributed by atoms with Crippen molar-refractivity contribution in [1.82, 2.24) is 25.3 Å². The van der Waals surface area contributed by atoms with Gasteiger partial charge in [-0.2, -0.15) is 13.2 Å². The van der Waals surface area contributed by atoms with E-state index < -0.39 is 30.0 Å². The van der Waals surface area contributed by atoms with E-state index in [1.165, 1.54) is 20.0 Å². The largest absolute Gasteiger partial charge is 0.405 e. The van der Waals surface area contributed by atoms with Crippen LogP contribution in [-0.2, 0) is 4.79 Å². The number of amides is 1. The number of nitrogens with one attached hydrogen (secondary N) is 3. The Bertz CT molecular complexity index is 1020. The smallest absolute Gasteiger partial charge is 0.354 e. The number of carbonyl (C=O) groups excluding carboxylic acids is 1. The molecule has 0 aromatic carbocycles. The van der Waals surface area contributed by atoms with Gasteiger partial charge in [0.15, 0.2) is 17.5 Å². The van der Waals surface area contributed by atoms with E-state index >= 15 is 0 Å². The summed E-state index contributed by atoms with van der Waals surface area (Å²) in [7, 11) is 0. The highest BCUT2D eigenvalue weighted by molar-refractivity contribution is 5.91. The number of aromatic nitrogens is 4. The standard InChI is InChI=1S/C17H16F4N6O.H2/c1-16(2,15(28)25-8-17(19,20)21)27-14-11(18)7-24-13(26-14)10-4-6-23-12-9(10)3-5-22-12;/h3-7H,8H2,1-2H3,(H,22,23)(H,25,28)(H,24,26,27);1H. The number of halogens is 4. The molecule has 7 nitrogen and oxygen atoms in total. The number of H-pyrrole nitrogens is 1. The van der Waals surface area contributed by atoms with E-state index in [1.54, 1.807) is 23.6 Å². The van der Waals surface area contributed by atoms with Crippen molar-refractivity contribution in [3.8, 4) is 11.4 Å². The average Bonchev–Trinajstić information content (AvgIpc) is 3.09. The fraction of sp³-hybridized carbons (Fsp3) is 0.294. The fourth-order valence-electron chi connectivity index (χ4n) is 2.49. The summed E-state index contributed by atoms with van der Waals surface area (Å²) >= 11 is 0. The second-order valence-electron chi connectivity index (χ2n) is 6.54. The number of hydrogen-bond acceptors (Lipinski definition) is 5. The van der Waals surface area contributed by atoms with Crippen molar-refractivity contribution >= 4 is 22.8 Å². The van der Waals surface area contributed by atoms with Gasteiger partial charge in [0.2, 0.25) is 5.91 Å². The van der Waals surface area contributed by atoms with E-state index in [-0.39, 0.29) is 13.1 Å². The molecular weight excluding hydrogens is 380 g/mol. The van der Waals surface area contributed by atoms with Gasteiger partial charge in [-0.1, -0.05) is 0 Å². The van der Waals surface area contributed by atoms with Crippen LogP contribution >= 0.6 is 0 Å². The summed E-state index contributed by atoms with van der Waals surface area (Å²) in [6.45, 7) is 1.14. The number of aromatic amines is 1. The first-order valence-electron chi connectivity index (χ1n) is 8.15. The van der Waals surface area contributed by atoms with Crippen LogP contribution in [0.3, 0.4) is 0 Å². The molecular formula is C17H18F4N6O. The molecule has 28 heavy (non-hydrogen) atoms. The molecule has 0 saturated carbocycles. The van der Waals surface area contributed by atoms with Crippen molar-refractivity contribution in [3.63, 3.8) is 0 Å². The highest BCUT2D eigenvalue weighted by Gasteiger charge is 2.34. The van der Waals surface area contributed by atoms with Gasteiger partial charge in [0.05, 0.1) is 6.20 Å². The number of anilines is 1. The predicted octanol–water partition coefficient (Wildman–Crippen LogP) is 3.27. The predicted molar refractivity (Wildman–Crippen MR) is 96.0 cm³/mol. The third-order valence-corrected chi connectivity index (χ3v) is 3.89. The Balaban J connectivity index is 0.00000300. The van der Waals surface area contributed by atoms with E-state index in [2.05, 4.69) is 25.3 Å². The summed E-state index contributed by atoms with van der Waals surface area (Å²) in [5.74, 6) is -1.94. The highest BCUT2D eigenvalue weighted by Crippen LogP contribution is 2.26. The van der Waals surface area contributed by atoms with E-state index in [9.17, 15) is 22.4 Å². The minimum absolute atomic E-state index is 0. The molecule has 3 aromatic heterocycles. The fourth-order valence-corrected chi connectivity index (χ4v) is 2.49. The molecule has 1 amide bonds. The normalized spacial score (nSPS) is 12.2. The zero-order valence-corrected chi connectivity index (χ0v) is 14.9. The molecule has 150 valence electrons. The molecule has 11 heteroatoms. The van der Waals surface area contributed by atoms with Crippen molar-refractivity contribution in [2.45, 2.75) is 25.6 Å². The van der Waals surface area contributed by atoms with Gasteiger partial charge in [0, 0.05) is 24.8 Å². The summed E-state index contributed by atoms with van der Waals surface area (Å²) in [5.41, 5.74) is -0.389. The zero-order valence-electron chi connectivity index (χ0n) is 14.9. The molecule has 3 rings (SSSR count). The molecule has 0 aliphatic rings. The van der Waals surface area contributed by atoms with E-state index in [4.69, 9.17) is 0 Å². The van der Waals surface area contributed by atoms with Crippen LogP contribution in [0.2, 0.25) is 0 Å². The van der Waals surface area contributed by atoms with Crippen LogP contribution in [-0.4, -0.2) is 44.1 Å². The molecule has 0 radical (unpaired) electrons. The molecule has 3 aromatic rings. The minimum atomic E-state index is -4.55. The summed E-state index contributed by atoms with van der Waals surface area (Å²) in [4.78, 5) is 27.2. The Morgan fingerprint density at radius 2 is 2.00 bits per heavy atom. The second kappa shape index (κ2) is 7.06. The molecule has 0 aliphatic carbocycles. The van der Waals surface area contributed by atoms with Gasteiger partial charge in [-0.15, -0.1) is 0 Å². The molecule has 0 bridgehead atoms. The lowest BCUT2D eigenvalue weighted by molar-refractivity contribution is -0.140. The topological polar surface area (TPSA) is 95.6 Å². The molecule has 0 atom stereocenters. The first-order valence-corrected chi connectivity index (χ1v) is 8.15. The summed E-state index contributed by atoms with van der Waals surface area (Å²) in [6, 6.07) is 3.40. The first kappa shape index (κ1) is 19.5. The Kier molecular flexibility index (Phi) is 4.92. The number of nitrogens with zero attached hydrogens (tertiary/aromatic N) is 3. The van der Waals surface area contributed by atoms with Crippen LogP contribution in [0.5, 0.6) is 0 Å². The van der Waals surface area contributed by atoms with Crippen molar-refractivity contribution in [2.75, 3.05) is 11.9 Å². The molecule has 0 spiro atoms. The number of fused-ring (bicyclic) bond motifs is 1. The van der Waals surface area contributed by atoms with Gasteiger partial charge in [-0.3, -0.25) is 4.79 Å². The Morgan fingerprint density at radius 1 is 1.25 bits per heavy atom. The lowest BCUT2D eigenvalue weighted by Gasteiger charge is -2.26. The van der Waals surface area contributed by atoms with Gasteiger partial charge >= 0.3 is 6.18 Å². The third-order valence-electron chi connectivity index (χ3n) is 3.89. The van der Waals surface area contributed by atoms with Crippen LogP contribution in [0.1, 0.15) is 15.3 Å². The van der Waals surface area contributed by atoms with Crippen molar-refractivity contribution in [3.05, 3.63) is 36.5 Å². The van der Waals surface area contributed by atoms with Crippen LogP contribution < -0.4 is 10.6 Å². The number of carbonyl (C=O) groups is 1. The molecule has 0 fully saturated rings. The van der Waals surface area contributed by atoms with Gasteiger partial charge in [0.25, 0.3) is 0 Å². The monoisotopic (exact) mass is 398 g/mol. The Labute approximate surface area is 158 Å². The molecule has 3 N–H and O–H groups in total. The quantitative estimate of drug-likeness (QED) is 0.574. The van der Waals surface area contributed by atoms with Crippen molar-refractivity contribution in [1.29, 1.82) is 0 Å². The Morgan fingerprint density at radius 3 is 2.71 bits per heavy atom. The number of alkyl halides is 3. The maximum Gasteiger partial charge on any atom is 0.405 e. The zero-order chi connectivity index (χ0) is 20.5. The lowest BCUT2D eigenvalue weighted by atomic mass is 10.0. The van der Waals surface area contributed by atoms with Gasteiger partial charge < -0.3 is 15.6 Å². The van der Waals surface area contributed by atoms with Crippen molar-refractivity contribution < 1.29 is 23.8 Å². The summed E-state index contributed by atoms with van der Waals surface area (Å²) in [6.07, 6.45) is -0.421.